The van der Waals surface area contributed by atoms with Gasteiger partial charge in [-0.05, 0) is 61.7 Å². The number of rotatable bonds is 20. The van der Waals surface area contributed by atoms with Crippen molar-refractivity contribution < 1.29 is 89.7 Å². The molecule has 0 radical (unpaired) electrons. The maximum Gasteiger partial charge on any atom is 0.472 e. The topological polar surface area (TPSA) is 404 Å². The molecule has 0 spiro atoms. The van der Waals surface area contributed by atoms with Gasteiger partial charge in [0.05, 0.1) is 26.0 Å². The van der Waals surface area contributed by atoms with E-state index in [1.807, 2.05) is 0 Å². The number of nitrogens with two attached hydrogens (primary N) is 2. The lowest BCUT2D eigenvalue weighted by Crippen LogP contribution is -2.53. The highest BCUT2D eigenvalue weighted by molar-refractivity contribution is 7.47. The largest absolute Gasteiger partial charge is 0.472 e. The van der Waals surface area contributed by atoms with Crippen molar-refractivity contribution in [2.75, 3.05) is 36.6 Å². The van der Waals surface area contributed by atoms with Gasteiger partial charge in [-0.1, -0.05) is 24.3 Å². The molecule has 404 valence electrons. The third kappa shape index (κ3) is 13.7. The first-order valence-electron chi connectivity index (χ1n) is 22.7. The van der Waals surface area contributed by atoms with Gasteiger partial charge in [-0.25, -0.2) is 42.9 Å². The van der Waals surface area contributed by atoms with Crippen molar-refractivity contribution in [3.8, 4) is 0 Å². The molecule has 3 saturated heterocycles. The fourth-order valence-electron chi connectivity index (χ4n) is 8.04. The molecule has 0 aliphatic carbocycles. The fourth-order valence-corrected chi connectivity index (χ4v) is 9.34. The zero-order valence-electron chi connectivity index (χ0n) is 39.6. The molecule has 29 nitrogen and oxygen atoms in total. The standard InChI is InChI=1S/C43H51FN10O19P2/c1-43(2,52-42(59)66-17-23-7-11-25(12-8-23)50-29(55)16-22-5-9-24(44)10-6-22)40(57)72-33-26(69-38(32(33)56)54-21-49-31-36(46)47-20-48-37(31)54)19-68-75(63,64)73-34-27(18-67-74(60,61)62)70-39(35(34)71-30-4-3-15-65-30)53-14-13-28(45)51-41(53)58/h5-14,20-21,26-27,30,32-35,38-39,56H,3-4,15-19H2,1-2H3,(H,50,55)(H,52,59)(H,63,64)(H2,45,51,58)(H2,46,47,48)(H2,60,61,62)/t26?,27-,30?,32-,33-,34-,35-,38-,39-/m1/s1. The highest BCUT2D eigenvalue weighted by atomic mass is 31.2. The first-order valence-corrected chi connectivity index (χ1v) is 25.7. The Morgan fingerprint density at radius 1 is 0.893 bits per heavy atom. The molecule has 3 aliphatic rings. The van der Waals surface area contributed by atoms with Crippen LogP contribution in [-0.4, -0.2) is 135 Å². The lowest BCUT2D eigenvalue weighted by atomic mass is 10.1. The Balaban J connectivity index is 0.958. The minimum Gasteiger partial charge on any atom is -0.455 e. The van der Waals surface area contributed by atoms with Crippen LogP contribution in [0.2, 0.25) is 0 Å². The molecule has 2 aromatic carbocycles. The van der Waals surface area contributed by atoms with E-state index < -0.39 is 113 Å². The molecule has 3 aliphatic heterocycles. The molecule has 10 atom stereocenters. The fraction of sp³-hybridized carbons (Fsp3) is 0.442. The number of ether oxygens (including phenoxy) is 6. The van der Waals surface area contributed by atoms with Crippen LogP contribution in [-0.2, 0) is 73.7 Å². The molecule has 3 unspecified atom stereocenters. The third-order valence-electron chi connectivity index (χ3n) is 11.7. The molecular weight excluding hydrogens is 1040 g/mol. The molecule has 8 rings (SSSR count). The number of anilines is 3. The number of hydrogen-bond acceptors (Lipinski definition) is 22. The average Bonchev–Trinajstić information content (AvgIpc) is 4.16. The molecule has 0 bridgehead atoms. The van der Waals surface area contributed by atoms with Crippen LogP contribution in [0, 0.1) is 5.82 Å². The van der Waals surface area contributed by atoms with Gasteiger partial charge >= 0.3 is 33.4 Å². The van der Waals surface area contributed by atoms with Gasteiger partial charge in [-0.15, -0.1) is 0 Å². The Morgan fingerprint density at radius 3 is 2.28 bits per heavy atom. The van der Waals surface area contributed by atoms with Crippen molar-refractivity contribution in [2.24, 2.45) is 0 Å². The quantitative estimate of drug-likeness (QED) is 0.0404. The predicted molar refractivity (Wildman–Crippen MR) is 251 cm³/mol. The summed E-state index contributed by atoms with van der Waals surface area (Å²) in [5.41, 5.74) is 10.5. The van der Waals surface area contributed by atoms with Gasteiger partial charge in [0.2, 0.25) is 5.91 Å². The number of fused-ring (bicyclic) bond motifs is 1. The van der Waals surface area contributed by atoms with Gasteiger partial charge in [-0.2, -0.15) is 4.98 Å². The van der Waals surface area contributed by atoms with E-state index in [1.54, 1.807) is 24.3 Å². The van der Waals surface area contributed by atoms with Crippen LogP contribution in [0.5, 0.6) is 0 Å². The monoisotopic (exact) mass is 1090 g/mol. The molecule has 0 saturated carbocycles. The first-order chi connectivity index (χ1) is 35.5. The molecule has 2 amide bonds. The minimum absolute atomic E-state index is 0.00395. The van der Waals surface area contributed by atoms with E-state index in [1.165, 1.54) is 61.3 Å². The Labute approximate surface area is 423 Å². The Kier molecular flexibility index (Phi) is 16.7. The van der Waals surface area contributed by atoms with Gasteiger partial charge < -0.3 is 70.3 Å². The number of phosphoric acid groups is 2. The molecule has 6 heterocycles. The number of nitrogens with one attached hydrogen (secondary N) is 2. The second kappa shape index (κ2) is 22.8. The molecule has 75 heavy (non-hydrogen) atoms. The summed E-state index contributed by atoms with van der Waals surface area (Å²) in [6.45, 7) is 0.533. The summed E-state index contributed by atoms with van der Waals surface area (Å²) >= 11 is 0. The third-order valence-corrected chi connectivity index (χ3v) is 13.2. The average molecular weight is 1090 g/mol. The lowest BCUT2D eigenvalue weighted by molar-refractivity contribution is -0.181. The first kappa shape index (κ1) is 54.9. The smallest absolute Gasteiger partial charge is 0.455 e. The van der Waals surface area contributed by atoms with Crippen molar-refractivity contribution in [1.29, 1.82) is 0 Å². The van der Waals surface area contributed by atoms with Crippen LogP contribution < -0.4 is 27.8 Å². The van der Waals surface area contributed by atoms with Crippen molar-refractivity contribution in [3.63, 3.8) is 0 Å². The number of halogens is 1. The number of aliphatic hydroxyl groups is 1. The van der Waals surface area contributed by atoms with Gasteiger partial charge in [0.15, 0.2) is 36.3 Å². The number of esters is 1. The van der Waals surface area contributed by atoms with Crippen molar-refractivity contribution in [2.45, 2.75) is 101 Å². The summed E-state index contributed by atoms with van der Waals surface area (Å²) in [6, 6.07) is 13.0. The van der Waals surface area contributed by atoms with E-state index in [0.29, 0.717) is 29.7 Å². The Bertz CT molecular complexity index is 3020. The van der Waals surface area contributed by atoms with Gasteiger partial charge in [0.1, 0.15) is 66.1 Å². The number of alkyl carbamates (subject to hydrolysis) is 1. The summed E-state index contributed by atoms with van der Waals surface area (Å²) in [7, 11) is -10.7. The van der Waals surface area contributed by atoms with Gasteiger partial charge in [0.25, 0.3) is 0 Å². The summed E-state index contributed by atoms with van der Waals surface area (Å²) in [5.74, 6) is -2.13. The number of nitrogens with zero attached hydrogens (tertiary/aromatic N) is 6. The van der Waals surface area contributed by atoms with E-state index in [4.69, 9.17) is 48.9 Å². The van der Waals surface area contributed by atoms with E-state index >= 15 is 0 Å². The van der Waals surface area contributed by atoms with Crippen LogP contribution in [0.4, 0.5) is 26.5 Å². The van der Waals surface area contributed by atoms with Crippen LogP contribution in [0.3, 0.4) is 0 Å². The summed E-state index contributed by atoms with van der Waals surface area (Å²) in [6.07, 6.45) is -11.0. The summed E-state index contributed by atoms with van der Waals surface area (Å²) in [4.78, 5) is 98.9. The van der Waals surface area contributed by atoms with Gasteiger partial charge in [0, 0.05) is 24.9 Å². The van der Waals surface area contributed by atoms with Crippen molar-refractivity contribution >= 4 is 62.1 Å². The van der Waals surface area contributed by atoms with Crippen molar-refractivity contribution in [1.82, 2.24) is 34.4 Å². The van der Waals surface area contributed by atoms with Crippen LogP contribution >= 0.6 is 15.6 Å². The van der Waals surface area contributed by atoms with Crippen molar-refractivity contribution in [3.05, 3.63) is 101 Å². The van der Waals surface area contributed by atoms with E-state index in [2.05, 4.69) is 35.1 Å². The second-order valence-electron chi connectivity index (χ2n) is 17.7. The number of aromatic nitrogens is 6. The van der Waals surface area contributed by atoms with Gasteiger partial charge in [-0.3, -0.25) is 27.5 Å². The SMILES string of the molecule is CC(C)(NC(=O)OCc1ccc(NC(=O)Cc2ccc(F)cc2)cc1)C(=O)O[C@@H]1C(COP(=O)(O)O[C@H]2[C@@H](OC3CCCO3)[C@H](n3ccc(N)nc3=O)O[C@@H]2COP(=O)(O)O)O[C@@H](n2cnc3c(N)ncnc32)[C@@H]1O. The van der Waals surface area contributed by atoms with Crippen LogP contribution in [0.15, 0.2) is 78.2 Å². The molecule has 10 N–H and O–H groups in total. The maximum absolute atomic E-state index is 14.0. The number of aliphatic hydroxyl groups excluding tert-OH is 1. The second-order valence-corrected chi connectivity index (χ2v) is 20.3. The number of carbonyl (C=O) groups is 3. The number of hydrogen-bond donors (Lipinski definition) is 8. The maximum atomic E-state index is 14.0. The number of benzene rings is 2. The highest BCUT2D eigenvalue weighted by Gasteiger charge is 2.54. The number of amides is 2. The number of phosphoric ester groups is 2. The molecule has 3 fully saturated rings. The Hall–Kier alpha value is -6.37. The highest BCUT2D eigenvalue weighted by Crippen LogP contribution is 2.51. The van der Waals surface area contributed by atoms with E-state index in [0.717, 1.165) is 10.9 Å². The predicted octanol–water partition coefficient (Wildman–Crippen LogP) is 1.47. The molecule has 32 heteroatoms. The number of nitrogen functional groups attached to an aromatic ring is 2. The van der Waals surface area contributed by atoms with Crippen LogP contribution in [0.25, 0.3) is 11.2 Å². The zero-order chi connectivity index (χ0) is 53.8. The minimum atomic E-state index is -5.46. The number of imidazole rings is 1. The summed E-state index contributed by atoms with van der Waals surface area (Å²) in [5, 5.41) is 16.9. The molecule has 3 aromatic heterocycles. The van der Waals surface area contributed by atoms with E-state index in [9.17, 15) is 52.5 Å². The Morgan fingerprint density at radius 2 is 1.59 bits per heavy atom. The normalized spacial score (nSPS) is 24.7. The summed E-state index contributed by atoms with van der Waals surface area (Å²) < 4.78 is 91.8. The van der Waals surface area contributed by atoms with Crippen LogP contribution in [0.1, 0.15) is 50.3 Å². The number of carbonyl (C=O) groups excluding carboxylic acids is 3. The van der Waals surface area contributed by atoms with E-state index in [-0.39, 0.29) is 48.3 Å². The molecular formula is C43H51FN10O19P2. The zero-order valence-corrected chi connectivity index (χ0v) is 41.4. The lowest BCUT2D eigenvalue weighted by Gasteiger charge is -2.29. The molecule has 5 aromatic rings.